The van der Waals surface area contributed by atoms with Crippen LogP contribution in [0.4, 0.5) is 0 Å². The van der Waals surface area contributed by atoms with E-state index >= 15 is 0 Å². The highest BCUT2D eigenvalue weighted by Gasteiger charge is 2.41. The SMILES string of the molecule is CCCCN1C(=O)C(c2ccc(OCCC)cc2)=C(N2CCN(CCO)CC2)C1=O. The van der Waals surface area contributed by atoms with E-state index in [9.17, 15) is 14.7 Å². The number of benzene rings is 1. The number of carbonyl (C=O) groups excluding carboxylic acids is 2. The van der Waals surface area contributed by atoms with Crippen LogP contribution in [0.15, 0.2) is 30.0 Å². The van der Waals surface area contributed by atoms with Gasteiger partial charge in [-0.25, -0.2) is 0 Å². The fourth-order valence-electron chi connectivity index (χ4n) is 3.91. The summed E-state index contributed by atoms with van der Waals surface area (Å²) in [5.41, 5.74) is 1.76. The van der Waals surface area contributed by atoms with Gasteiger partial charge in [0, 0.05) is 39.3 Å². The molecule has 1 aromatic rings. The minimum absolute atomic E-state index is 0.128. The van der Waals surface area contributed by atoms with Crippen molar-refractivity contribution in [2.24, 2.45) is 0 Å². The Morgan fingerprint density at radius 1 is 0.933 bits per heavy atom. The summed E-state index contributed by atoms with van der Waals surface area (Å²) in [6, 6.07) is 7.47. The quantitative estimate of drug-likeness (QED) is 0.589. The number of imide groups is 1. The third-order valence-corrected chi connectivity index (χ3v) is 5.60. The van der Waals surface area contributed by atoms with Crippen molar-refractivity contribution in [2.45, 2.75) is 33.1 Å². The smallest absolute Gasteiger partial charge is 0.277 e. The van der Waals surface area contributed by atoms with Crippen molar-refractivity contribution in [3.05, 3.63) is 35.5 Å². The van der Waals surface area contributed by atoms with Crippen LogP contribution < -0.4 is 4.74 Å². The van der Waals surface area contributed by atoms with Gasteiger partial charge in [-0.3, -0.25) is 19.4 Å². The number of aliphatic hydroxyl groups excluding tert-OH is 1. The number of β-amino-alcohol motifs (C(OH)–C–C–N with tert-alkyl or cyclic N) is 1. The molecule has 0 saturated carbocycles. The van der Waals surface area contributed by atoms with E-state index < -0.39 is 0 Å². The van der Waals surface area contributed by atoms with Gasteiger partial charge in [-0.2, -0.15) is 0 Å². The van der Waals surface area contributed by atoms with Crippen molar-refractivity contribution < 1.29 is 19.4 Å². The molecule has 7 heteroatoms. The second-order valence-corrected chi connectivity index (χ2v) is 7.76. The lowest BCUT2D eigenvalue weighted by molar-refractivity contribution is -0.137. The Kier molecular flexibility index (Phi) is 7.87. The van der Waals surface area contributed by atoms with Crippen LogP contribution in [0.3, 0.4) is 0 Å². The molecule has 3 rings (SSSR count). The number of hydrogen-bond donors (Lipinski definition) is 1. The van der Waals surface area contributed by atoms with Crippen molar-refractivity contribution in [3.63, 3.8) is 0 Å². The number of piperazine rings is 1. The van der Waals surface area contributed by atoms with Crippen LogP contribution in [-0.2, 0) is 9.59 Å². The number of unbranched alkanes of at least 4 members (excludes halogenated alkanes) is 1. The number of ether oxygens (including phenoxy) is 1. The maximum atomic E-state index is 13.2. The first-order valence-electron chi connectivity index (χ1n) is 11.0. The molecule has 0 aliphatic carbocycles. The zero-order chi connectivity index (χ0) is 21.5. The van der Waals surface area contributed by atoms with Crippen LogP contribution >= 0.6 is 0 Å². The normalized spacial score (nSPS) is 18.0. The molecule has 2 aliphatic heterocycles. The molecule has 1 fully saturated rings. The predicted octanol–water partition coefficient (Wildman–Crippen LogP) is 1.97. The third-order valence-electron chi connectivity index (χ3n) is 5.60. The Labute approximate surface area is 178 Å². The van der Waals surface area contributed by atoms with E-state index in [2.05, 4.69) is 18.7 Å². The molecule has 164 valence electrons. The van der Waals surface area contributed by atoms with Gasteiger partial charge in [0.25, 0.3) is 11.8 Å². The Morgan fingerprint density at radius 2 is 1.63 bits per heavy atom. The molecule has 0 bridgehead atoms. The number of aliphatic hydroxyl groups is 1. The molecule has 1 saturated heterocycles. The van der Waals surface area contributed by atoms with Gasteiger partial charge < -0.3 is 14.7 Å². The lowest BCUT2D eigenvalue weighted by Crippen LogP contribution is -2.48. The van der Waals surface area contributed by atoms with Gasteiger partial charge in [0.2, 0.25) is 0 Å². The molecule has 2 aliphatic rings. The first-order valence-corrected chi connectivity index (χ1v) is 11.0. The zero-order valence-corrected chi connectivity index (χ0v) is 18.1. The lowest BCUT2D eigenvalue weighted by atomic mass is 10.0. The summed E-state index contributed by atoms with van der Waals surface area (Å²) in [6.45, 7) is 8.81. The molecule has 1 aromatic carbocycles. The van der Waals surface area contributed by atoms with E-state index in [0.717, 1.165) is 43.7 Å². The second kappa shape index (κ2) is 10.6. The van der Waals surface area contributed by atoms with Gasteiger partial charge >= 0.3 is 0 Å². The standard InChI is InChI=1S/C23H33N3O4/c1-3-5-10-26-22(28)20(18-6-8-19(9-7-18)30-17-4-2)21(23(26)29)25-13-11-24(12-14-25)15-16-27/h6-9,27H,3-5,10-17H2,1-2H3. The molecular weight excluding hydrogens is 382 g/mol. The molecule has 0 spiro atoms. The Morgan fingerprint density at radius 3 is 2.23 bits per heavy atom. The molecule has 1 N–H and O–H groups in total. The minimum Gasteiger partial charge on any atom is -0.494 e. The van der Waals surface area contributed by atoms with Crippen LogP contribution in [0, 0.1) is 0 Å². The van der Waals surface area contributed by atoms with Crippen LogP contribution in [0.5, 0.6) is 5.75 Å². The van der Waals surface area contributed by atoms with E-state index in [1.807, 2.05) is 29.2 Å². The molecule has 2 heterocycles. The van der Waals surface area contributed by atoms with Crippen molar-refractivity contribution in [2.75, 3.05) is 52.5 Å². The maximum absolute atomic E-state index is 13.2. The zero-order valence-electron chi connectivity index (χ0n) is 18.1. The van der Waals surface area contributed by atoms with E-state index in [1.54, 1.807) is 0 Å². The summed E-state index contributed by atoms with van der Waals surface area (Å²) in [6.07, 6.45) is 2.65. The van der Waals surface area contributed by atoms with Gasteiger partial charge in [0.1, 0.15) is 11.4 Å². The summed E-state index contributed by atoms with van der Waals surface area (Å²) < 4.78 is 5.66. The monoisotopic (exact) mass is 415 g/mol. The highest BCUT2D eigenvalue weighted by molar-refractivity contribution is 6.35. The van der Waals surface area contributed by atoms with Crippen molar-refractivity contribution in [3.8, 4) is 5.75 Å². The van der Waals surface area contributed by atoms with Gasteiger partial charge in [-0.05, 0) is 30.5 Å². The summed E-state index contributed by atoms with van der Waals surface area (Å²) in [7, 11) is 0. The number of rotatable bonds is 10. The fourth-order valence-corrected chi connectivity index (χ4v) is 3.91. The van der Waals surface area contributed by atoms with Gasteiger partial charge in [0.15, 0.2) is 0 Å². The molecule has 0 aromatic heterocycles. The summed E-state index contributed by atoms with van der Waals surface area (Å²) in [5, 5.41) is 9.18. The molecule has 2 amide bonds. The Bertz CT molecular complexity index is 767. The molecule has 7 nitrogen and oxygen atoms in total. The summed E-state index contributed by atoms with van der Waals surface area (Å²) in [4.78, 5) is 32.1. The lowest BCUT2D eigenvalue weighted by Gasteiger charge is -2.36. The van der Waals surface area contributed by atoms with Gasteiger partial charge in [-0.15, -0.1) is 0 Å². The Balaban J connectivity index is 1.89. The van der Waals surface area contributed by atoms with Crippen molar-refractivity contribution >= 4 is 17.4 Å². The number of amides is 2. The number of hydrogen-bond acceptors (Lipinski definition) is 6. The van der Waals surface area contributed by atoms with E-state index in [-0.39, 0.29) is 18.4 Å². The predicted molar refractivity (Wildman–Crippen MR) is 116 cm³/mol. The van der Waals surface area contributed by atoms with E-state index in [0.29, 0.717) is 44.1 Å². The average Bonchev–Trinajstić information content (AvgIpc) is 3.01. The largest absolute Gasteiger partial charge is 0.494 e. The van der Waals surface area contributed by atoms with Crippen molar-refractivity contribution in [1.29, 1.82) is 0 Å². The maximum Gasteiger partial charge on any atom is 0.277 e. The first kappa shape index (κ1) is 22.3. The van der Waals surface area contributed by atoms with Crippen LogP contribution in [-0.4, -0.2) is 84.1 Å². The molecule has 0 radical (unpaired) electrons. The summed E-state index contributed by atoms with van der Waals surface area (Å²) >= 11 is 0. The third kappa shape index (κ3) is 4.84. The second-order valence-electron chi connectivity index (χ2n) is 7.76. The Hall–Kier alpha value is -2.38. The van der Waals surface area contributed by atoms with E-state index in [1.165, 1.54) is 4.90 Å². The highest BCUT2D eigenvalue weighted by atomic mass is 16.5. The van der Waals surface area contributed by atoms with Gasteiger partial charge in [-0.1, -0.05) is 32.4 Å². The van der Waals surface area contributed by atoms with Crippen LogP contribution in [0.25, 0.3) is 5.57 Å². The van der Waals surface area contributed by atoms with Crippen LogP contribution in [0.1, 0.15) is 38.7 Å². The van der Waals surface area contributed by atoms with Crippen LogP contribution in [0.2, 0.25) is 0 Å². The highest BCUT2D eigenvalue weighted by Crippen LogP contribution is 2.33. The molecule has 30 heavy (non-hydrogen) atoms. The fraction of sp³-hybridized carbons (Fsp3) is 0.565. The minimum atomic E-state index is -0.205. The average molecular weight is 416 g/mol. The van der Waals surface area contributed by atoms with E-state index in [4.69, 9.17) is 4.74 Å². The number of carbonyl (C=O) groups is 2. The topological polar surface area (TPSA) is 73.3 Å². The summed E-state index contributed by atoms with van der Waals surface area (Å²) in [5.74, 6) is 0.369. The molecular formula is C23H33N3O4. The molecule has 0 atom stereocenters. The van der Waals surface area contributed by atoms with Gasteiger partial charge in [0.05, 0.1) is 18.8 Å². The first-order chi connectivity index (χ1) is 14.6. The number of nitrogens with zero attached hydrogens (tertiary/aromatic N) is 3. The van der Waals surface area contributed by atoms with Crippen molar-refractivity contribution in [1.82, 2.24) is 14.7 Å². The molecule has 0 unspecified atom stereocenters.